The second-order valence-electron chi connectivity index (χ2n) is 5.67. The number of likely N-dealkylation sites (N-methyl/N-ethyl adjacent to an activating group) is 1. The molecule has 6 nitrogen and oxygen atoms in total. The van der Waals surface area contributed by atoms with E-state index in [9.17, 15) is 9.59 Å². The van der Waals surface area contributed by atoms with Gasteiger partial charge in [0.1, 0.15) is 19.2 Å². The van der Waals surface area contributed by atoms with E-state index in [4.69, 9.17) is 10.00 Å². The van der Waals surface area contributed by atoms with E-state index < -0.39 is 12.1 Å². The first kappa shape index (κ1) is 18.5. The van der Waals surface area contributed by atoms with Gasteiger partial charge in [0.15, 0.2) is 0 Å². The van der Waals surface area contributed by atoms with E-state index >= 15 is 0 Å². The van der Waals surface area contributed by atoms with Crippen LogP contribution in [0.4, 0.5) is 4.79 Å². The highest BCUT2D eigenvalue weighted by Gasteiger charge is 2.28. The lowest BCUT2D eigenvalue weighted by atomic mass is 10.0. The maximum atomic E-state index is 12.2. The van der Waals surface area contributed by atoms with Crippen LogP contribution in [0, 0.1) is 17.2 Å². The highest BCUT2D eigenvalue weighted by atomic mass is 16.6. The molecule has 0 aliphatic rings. The van der Waals surface area contributed by atoms with Gasteiger partial charge in [0.25, 0.3) is 0 Å². The summed E-state index contributed by atoms with van der Waals surface area (Å²) in [6, 6.07) is 10.5. The summed E-state index contributed by atoms with van der Waals surface area (Å²) in [4.78, 5) is 25.6. The van der Waals surface area contributed by atoms with Gasteiger partial charge < -0.3 is 10.1 Å². The molecule has 0 saturated heterocycles. The van der Waals surface area contributed by atoms with Crippen molar-refractivity contribution in [3.63, 3.8) is 0 Å². The van der Waals surface area contributed by atoms with Crippen molar-refractivity contribution < 1.29 is 14.3 Å². The van der Waals surface area contributed by atoms with Gasteiger partial charge in [-0.15, -0.1) is 0 Å². The molecule has 0 saturated carbocycles. The van der Waals surface area contributed by atoms with Crippen LogP contribution in [0.1, 0.15) is 25.8 Å². The van der Waals surface area contributed by atoms with Crippen molar-refractivity contribution in [3.8, 4) is 6.07 Å². The zero-order valence-electron chi connectivity index (χ0n) is 13.8. The lowest BCUT2D eigenvalue weighted by molar-refractivity contribution is -0.125. The Morgan fingerprint density at radius 3 is 2.52 bits per heavy atom. The van der Waals surface area contributed by atoms with Crippen LogP contribution in [-0.4, -0.2) is 36.5 Å². The topological polar surface area (TPSA) is 82.4 Å². The Morgan fingerprint density at radius 2 is 1.96 bits per heavy atom. The number of hydrogen-bond acceptors (Lipinski definition) is 4. The van der Waals surface area contributed by atoms with E-state index in [0.29, 0.717) is 6.42 Å². The number of ether oxygens (including phenoxy) is 1. The van der Waals surface area contributed by atoms with Gasteiger partial charge in [0, 0.05) is 7.05 Å². The zero-order valence-corrected chi connectivity index (χ0v) is 13.8. The summed E-state index contributed by atoms with van der Waals surface area (Å²) >= 11 is 0. The summed E-state index contributed by atoms with van der Waals surface area (Å²) in [7, 11) is 1.53. The number of amides is 2. The fraction of sp³-hybridized carbons (Fsp3) is 0.471. The summed E-state index contributed by atoms with van der Waals surface area (Å²) < 4.78 is 5.25. The second kappa shape index (κ2) is 9.46. The number of nitriles is 1. The molecule has 0 aliphatic carbocycles. The molecule has 1 rings (SSSR count). The molecule has 1 aromatic rings. The van der Waals surface area contributed by atoms with Gasteiger partial charge in [-0.1, -0.05) is 44.2 Å². The molecule has 2 amide bonds. The molecular formula is C17H23N3O3. The average molecular weight is 317 g/mol. The minimum atomic E-state index is -0.661. The summed E-state index contributed by atoms with van der Waals surface area (Å²) in [6.07, 6.45) is -0.0691. The molecule has 0 aliphatic heterocycles. The van der Waals surface area contributed by atoms with Crippen LogP contribution in [0.3, 0.4) is 0 Å². The summed E-state index contributed by atoms with van der Waals surface area (Å²) in [6.45, 7) is 4.00. The van der Waals surface area contributed by atoms with Gasteiger partial charge in [-0.3, -0.25) is 9.69 Å². The molecule has 6 heteroatoms. The van der Waals surface area contributed by atoms with E-state index in [2.05, 4.69) is 5.32 Å². The number of hydrogen-bond donors (Lipinski definition) is 1. The predicted octanol–water partition coefficient (Wildman–Crippen LogP) is 2.31. The van der Waals surface area contributed by atoms with Crippen LogP contribution >= 0.6 is 0 Å². The summed E-state index contributed by atoms with van der Waals surface area (Å²) in [5, 5.41) is 11.1. The van der Waals surface area contributed by atoms with Gasteiger partial charge in [0.2, 0.25) is 5.91 Å². The molecule has 1 aromatic carbocycles. The Hall–Kier alpha value is -2.55. The first-order valence-corrected chi connectivity index (χ1v) is 7.53. The number of carbonyl (C=O) groups is 2. The Balaban J connectivity index is 2.66. The van der Waals surface area contributed by atoms with Crippen LogP contribution < -0.4 is 5.32 Å². The molecule has 0 fully saturated rings. The predicted molar refractivity (Wildman–Crippen MR) is 86.3 cm³/mol. The third-order valence-electron chi connectivity index (χ3n) is 3.30. The van der Waals surface area contributed by atoms with Crippen LogP contribution in [-0.2, 0) is 16.1 Å². The van der Waals surface area contributed by atoms with Gasteiger partial charge in [-0.2, -0.15) is 5.26 Å². The largest absolute Gasteiger partial charge is 0.445 e. The number of rotatable bonds is 7. The standard InChI is InChI=1S/C17H23N3O3/c1-13(2)11-15(16(21)19-10-9-18)20(3)17(22)23-12-14-7-5-4-6-8-14/h4-8,13,15H,10-12H2,1-3H3,(H,19,21)/t15-/m0/s1. The third-order valence-corrected chi connectivity index (χ3v) is 3.30. The SMILES string of the molecule is CC(C)C[C@@H](C(=O)NCC#N)N(C)C(=O)OCc1ccccc1. The highest BCUT2D eigenvalue weighted by molar-refractivity contribution is 5.85. The lowest BCUT2D eigenvalue weighted by Crippen LogP contribution is -2.48. The van der Waals surface area contributed by atoms with Gasteiger partial charge in [-0.25, -0.2) is 4.79 Å². The Morgan fingerprint density at radius 1 is 1.30 bits per heavy atom. The first-order chi connectivity index (χ1) is 11.0. The molecule has 0 radical (unpaired) electrons. The molecule has 0 unspecified atom stereocenters. The van der Waals surface area contributed by atoms with E-state index in [0.717, 1.165) is 5.56 Å². The molecule has 23 heavy (non-hydrogen) atoms. The van der Waals surface area contributed by atoms with E-state index in [1.165, 1.54) is 11.9 Å². The van der Waals surface area contributed by atoms with Crippen LogP contribution in [0.5, 0.6) is 0 Å². The second-order valence-corrected chi connectivity index (χ2v) is 5.67. The van der Waals surface area contributed by atoms with Crippen molar-refractivity contribution in [1.82, 2.24) is 10.2 Å². The quantitative estimate of drug-likeness (QED) is 0.782. The molecular weight excluding hydrogens is 294 g/mol. The highest BCUT2D eigenvalue weighted by Crippen LogP contribution is 2.13. The number of nitrogens with zero attached hydrogens (tertiary/aromatic N) is 2. The Labute approximate surface area is 137 Å². The molecule has 0 heterocycles. The lowest BCUT2D eigenvalue weighted by Gasteiger charge is -2.27. The van der Waals surface area contributed by atoms with Crippen LogP contribution in [0.2, 0.25) is 0 Å². The normalized spacial score (nSPS) is 11.4. The minimum Gasteiger partial charge on any atom is -0.445 e. The summed E-state index contributed by atoms with van der Waals surface area (Å²) in [5.41, 5.74) is 0.878. The minimum absolute atomic E-state index is 0.0830. The smallest absolute Gasteiger partial charge is 0.410 e. The maximum absolute atomic E-state index is 12.2. The fourth-order valence-electron chi connectivity index (χ4n) is 2.08. The molecule has 0 aromatic heterocycles. The Bertz CT molecular complexity index is 552. The number of nitrogens with one attached hydrogen (secondary N) is 1. The van der Waals surface area contributed by atoms with Crippen molar-refractivity contribution in [3.05, 3.63) is 35.9 Å². The van der Waals surface area contributed by atoms with Gasteiger partial charge in [-0.05, 0) is 17.9 Å². The molecule has 0 bridgehead atoms. The van der Waals surface area contributed by atoms with E-state index in [1.54, 1.807) is 0 Å². The van der Waals surface area contributed by atoms with Crippen molar-refractivity contribution in [2.75, 3.05) is 13.6 Å². The molecule has 124 valence electrons. The van der Waals surface area contributed by atoms with Crippen molar-refractivity contribution >= 4 is 12.0 Å². The summed E-state index contributed by atoms with van der Waals surface area (Å²) in [5.74, 6) is -0.128. The van der Waals surface area contributed by atoms with E-state index in [1.807, 2.05) is 50.2 Å². The maximum Gasteiger partial charge on any atom is 0.410 e. The van der Waals surface area contributed by atoms with Gasteiger partial charge in [0.05, 0.1) is 6.07 Å². The van der Waals surface area contributed by atoms with Crippen molar-refractivity contribution in [2.45, 2.75) is 32.9 Å². The van der Waals surface area contributed by atoms with Crippen LogP contribution in [0.15, 0.2) is 30.3 Å². The average Bonchev–Trinajstić information content (AvgIpc) is 2.55. The Kier molecular flexibility index (Phi) is 7.61. The number of benzene rings is 1. The molecule has 0 spiro atoms. The zero-order chi connectivity index (χ0) is 17.2. The molecule has 1 N–H and O–H groups in total. The van der Waals surface area contributed by atoms with E-state index in [-0.39, 0.29) is 25.0 Å². The van der Waals surface area contributed by atoms with Crippen LogP contribution in [0.25, 0.3) is 0 Å². The monoisotopic (exact) mass is 317 g/mol. The first-order valence-electron chi connectivity index (χ1n) is 7.53. The van der Waals surface area contributed by atoms with Gasteiger partial charge >= 0.3 is 6.09 Å². The molecule has 1 atom stereocenters. The number of carbonyl (C=O) groups excluding carboxylic acids is 2. The fourth-order valence-corrected chi connectivity index (χ4v) is 2.08. The third kappa shape index (κ3) is 6.39. The van der Waals surface area contributed by atoms with Crippen molar-refractivity contribution in [1.29, 1.82) is 5.26 Å². The van der Waals surface area contributed by atoms with Crippen molar-refractivity contribution in [2.24, 2.45) is 5.92 Å².